The molecule has 0 radical (unpaired) electrons. The molecule has 1 atom stereocenters. The van der Waals surface area contributed by atoms with E-state index in [0.29, 0.717) is 35.7 Å². The summed E-state index contributed by atoms with van der Waals surface area (Å²) < 4.78 is 26.9. The quantitative estimate of drug-likeness (QED) is 0.614. The molecule has 9 heteroatoms. The van der Waals surface area contributed by atoms with E-state index in [4.69, 9.17) is 5.26 Å². The summed E-state index contributed by atoms with van der Waals surface area (Å²) in [6.45, 7) is 0.993. The van der Waals surface area contributed by atoms with Crippen LogP contribution in [0.3, 0.4) is 0 Å². The Morgan fingerprint density at radius 3 is 2.59 bits per heavy atom. The first kappa shape index (κ1) is 20.7. The van der Waals surface area contributed by atoms with E-state index in [9.17, 15) is 13.5 Å². The Hall–Kier alpha value is -3.22. The van der Waals surface area contributed by atoms with E-state index in [2.05, 4.69) is 15.5 Å². The third kappa shape index (κ3) is 3.76. The molecule has 2 heterocycles. The fourth-order valence-corrected chi connectivity index (χ4v) is 6.20. The van der Waals surface area contributed by atoms with Crippen molar-refractivity contribution in [1.82, 2.24) is 14.5 Å². The third-order valence-electron chi connectivity index (χ3n) is 6.10. The number of nitrogens with zero attached hydrogens (tertiary/aromatic N) is 4. The normalized spacial score (nSPS) is 19.5. The summed E-state index contributed by atoms with van der Waals surface area (Å²) in [5, 5.41) is 33.1. The van der Waals surface area contributed by atoms with Crippen LogP contribution in [0.2, 0.25) is 0 Å². The average Bonchev–Trinajstić information content (AvgIpc) is 3.66. The van der Waals surface area contributed by atoms with E-state index in [0.717, 1.165) is 36.5 Å². The lowest BCUT2D eigenvalue weighted by Crippen LogP contribution is -2.46. The smallest absolute Gasteiger partial charge is 0.217 e. The first-order chi connectivity index (χ1) is 15.5. The second-order valence-electron chi connectivity index (χ2n) is 8.37. The molecule has 32 heavy (non-hydrogen) atoms. The number of hydrogen-bond acceptors (Lipinski definition) is 7. The molecule has 164 valence electrons. The van der Waals surface area contributed by atoms with Crippen LogP contribution in [0.25, 0.3) is 22.0 Å². The van der Waals surface area contributed by atoms with Gasteiger partial charge in [0.05, 0.1) is 16.9 Å². The van der Waals surface area contributed by atoms with Gasteiger partial charge in [0, 0.05) is 35.5 Å². The third-order valence-corrected chi connectivity index (χ3v) is 8.47. The zero-order chi connectivity index (χ0) is 22.3. The predicted octanol–water partition coefficient (Wildman–Crippen LogP) is 3.24. The molecule has 1 aliphatic heterocycles. The maximum atomic E-state index is 12.7. The van der Waals surface area contributed by atoms with Gasteiger partial charge in [0.15, 0.2) is 5.82 Å². The highest BCUT2D eigenvalue weighted by Crippen LogP contribution is 2.36. The molecule has 1 saturated heterocycles. The lowest BCUT2D eigenvalue weighted by atomic mass is 10.0. The number of sulfonamides is 1. The molecular formula is C23H23N5O3S. The number of fused-ring (bicyclic) bond motifs is 1. The van der Waals surface area contributed by atoms with E-state index < -0.39 is 10.0 Å². The summed E-state index contributed by atoms with van der Waals surface area (Å²) in [6.07, 6.45) is 3.17. The van der Waals surface area contributed by atoms with Crippen molar-refractivity contribution in [3.8, 4) is 23.1 Å². The van der Waals surface area contributed by atoms with E-state index in [1.807, 2.05) is 30.3 Å². The van der Waals surface area contributed by atoms with E-state index >= 15 is 0 Å². The fourth-order valence-electron chi connectivity index (χ4n) is 4.27. The van der Waals surface area contributed by atoms with E-state index in [1.54, 1.807) is 16.4 Å². The number of benzene rings is 2. The van der Waals surface area contributed by atoms with Gasteiger partial charge in [-0.15, -0.1) is 10.2 Å². The Labute approximate surface area is 186 Å². The molecule has 1 saturated carbocycles. The average molecular weight is 450 g/mol. The van der Waals surface area contributed by atoms with Crippen LogP contribution in [0.5, 0.6) is 5.75 Å². The van der Waals surface area contributed by atoms with Gasteiger partial charge in [-0.25, -0.2) is 8.42 Å². The molecule has 1 unspecified atom stereocenters. The lowest BCUT2D eigenvalue weighted by molar-refractivity contribution is 0.326. The summed E-state index contributed by atoms with van der Waals surface area (Å²) in [7, 11) is -3.20. The molecule has 2 aliphatic rings. The van der Waals surface area contributed by atoms with E-state index in [-0.39, 0.29) is 17.0 Å². The Balaban J connectivity index is 1.46. The van der Waals surface area contributed by atoms with Crippen molar-refractivity contribution in [3.05, 3.63) is 48.0 Å². The van der Waals surface area contributed by atoms with Gasteiger partial charge in [0.1, 0.15) is 11.4 Å². The monoisotopic (exact) mass is 449 g/mol. The Morgan fingerprint density at radius 2 is 1.88 bits per heavy atom. The molecule has 0 amide bonds. The topological polar surface area (TPSA) is 119 Å². The van der Waals surface area contributed by atoms with Crippen molar-refractivity contribution < 1.29 is 13.5 Å². The molecule has 8 nitrogen and oxygen atoms in total. The van der Waals surface area contributed by atoms with E-state index in [1.165, 1.54) is 6.07 Å². The number of rotatable bonds is 5. The standard InChI is InChI=1S/C23H23N5O3S/c24-13-15-7-10-20(21(29)12-15)22-18-5-1-2-6-19(18)23(27-26-22)25-16-4-3-11-28(14-16)32(30,31)17-8-9-17/h1-2,5-7,10,12,16-17,29H,3-4,8-9,11,14H2,(H,25,27). The van der Waals surface area contributed by atoms with Crippen molar-refractivity contribution in [2.75, 3.05) is 18.4 Å². The lowest BCUT2D eigenvalue weighted by Gasteiger charge is -2.32. The highest BCUT2D eigenvalue weighted by molar-refractivity contribution is 7.90. The molecule has 1 aliphatic carbocycles. The Kier molecular flexibility index (Phi) is 5.19. The van der Waals surface area contributed by atoms with Crippen molar-refractivity contribution in [1.29, 1.82) is 5.26 Å². The summed E-state index contributed by atoms with van der Waals surface area (Å²) in [6, 6.07) is 14.3. The Morgan fingerprint density at radius 1 is 1.09 bits per heavy atom. The molecule has 0 spiro atoms. The van der Waals surface area contributed by atoms with Gasteiger partial charge < -0.3 is 10.4 Å². The molecule has 3 aromatic rings. The highest BCUT2D eigenvalue weighted by atomic mass is 32.2. The van der Waals surface area contributed by atoms with Crippen LogP contribution in [0, 0.1) is 11.3 Å². The Bertz CT molecular complexity index is 1330. The van der Waals surface area contributed by atoms with Crippen LogP contribution in [0.1, 0.15) is 31.2 Å². The largest absolute Gasteiger partial charge is 0.507 e. The molecule has 5 rings (SSSR count). The van der Waals surface area contributed by atoms with Gasteiger partial charge in [-0.3, -0.25) is 0 Å². The minimum atomic E-state index is -3.20. The molecule has 0 bridgehead atoms. The summed E-state index contributed by atoms with van der Waals surface area (Å²) in [4.78, 5) is 0. The molecule has 2 fully saturated rings. The number of nitriles is 1. The zero-order valence-corrected chi connectivity index (χ0v) is 18.2. The molecule has 2 N–H and O–H groups in total. The number of phenolic OH excluding ortho intramolecular Hbond substituents is 1. The maximum absolute atomic E-state index is 12.7. The number of piperidine rings is 1. The van der Waals surface area contributed by atoms with Crippen LogP contribution in [0.4, 0.5) is 5.82 Å². The van der Waals surface area contributed by atoms with Crippen molar-refractivity contribution >= 4 is 26.6 Å². The van der Waals surface area contributed by atoms with Crippen LogP contribution in [-0.2, 0) is 10.0 Å². The second-order valence-corrected chi connectivity index (χ2v) is 10.6. The number of aromatic hydroxyl groups is 1. The summed E-state index contributed by atoms with van der Waals surface area (Å²) in [5.74, 6) is 0.561. The van der Waals surface area contributed by atoms with Gasteiger partial charge in [0.25, 0.3) is 0 Å². The molecule has 2 aromatic carbocycles. The summed E-state index contributed by atoms with van der Waals surface area (Å²) >= 11 is 0. The minimum Gasteiger partial charge on any atom is -0.507 e. The van der Waals surface area contributed by atoms with Crippen LogP contribution < -0.4 is 5.32 Å². The van der Waals surface area contributed by atoms with Crippen molar-refractivity contribution in [2.24, 2.45) is 0 Å². The maximum Gasteiger partial charge on any atom is 0.217 e. The fraction of sp³-hybridized carbons (Fsp3) is 0.348. The van der Waals surface area contributed by atoms with Crippen molar-refractivity contribution in [2.45, 2.75) is 37.0 Å². The minimum absolute atomic E-state index is 0.0302. The number of anilines is 1. The number of nitrogens with one attached hydrogen (secondary N) is 1. The number of hydrogen-bond donors (Lipinski definition) is 2. The van der Waals surface area contributed by atoms with Gasteiger partial charge in [-0.1, -0.05) is 24.3 Å². The van der Waals surface area contributed by atoms with Crippen LogP contribution in [0.15, 0.2) is 42.5 Å². The SMILES string of the molecule is N#Cc1ccc(-c2nnc(NC3CCCN(S(=O)(=O)C4CC4)C3)c3ccccc23)c(O)c1. The van der Waals surface area contributed by atoms with Gasteiger partial charge in [-0.05, 0) is 43.9 Å². The van der Waals surface area contributed by atoms with Gasteiger partial charge >= 0.3 is 0 Å². The van der Waals surface area contributed by atoms with Gasteiger partial charge in [-0.2, -0.15) is 9.57 Å². The van der Waals surface area contributed by atoms with Crippen LogP contribution >= 0.6 is 0 Å². The second kappa shape index (κ2) is 8.04. The van der Waals surface area contributed by atoms with Crippen molar-refractivity contribution in [3.63, 3.8) is 0 Å². The highest BCUT2D eigenvalue weighted by Gasteiger charge is 2.41. The molecule has 1 aromatic heterocycles. The zero-order valence-electron chi connectivity index (χ0n) is 17.4. The predicted molar refractivity (Wildman–Crippen MR) is 122 cm³/mol. The first-order valence-corrected chi connectivity index (χ1v) is 12.2. The molecular weight excluding hydrogens is 426 g/mol. The number of phenols is 1. The first-order valence-electron chi connectivity index (χ1n) is 10.7. The number of aromatic nitrogens is 2. The van der Waals surface area contributed by atoms with Gasteiger partial charge in [0.2, 0.25) is 10.0 Å². The summed E-state index contributed by atoms with van der Waals surface area (Å²) in [5.41, 5.74) is 1.39. The van der Waals surface area contributed by atoms with Crippen LogP contribution in [-0.4, -0.2) is 52.4 Å².